The fourth-order valence-corrected chi connectivity index (χ4v) is 3.03. The number of fused-ring (bicyclic) bond motifs is 1. The second kappa shape index (κ2) is 4.52. The van der Waals surface area contributed by atoms with Gasteiger partial charge < -0.3 is 5.73 Å². The second-order valence-corrected chi connectivity index (χ2v) is 5.49. The number of benzene rings is 1. The number of nitrogens with two attached hydrogens (primary N) is 1. The molecule has 0 saturated heterocycles. The van der Waals surface area contributed by atoms with E-state index < -0.39 is 0 Å². The molecule has 2 heterocycles. The van der Waals surface area contributed by atoms with E-state index in [1.807, 2.05) is 19.2 Å². The highest BCUT2D eigenvalue weighted by Gasteiger charge is 2.09. The molecule has 3 rings (SSSR count). The second-order valence-electron chi connectivity index (χ2n) is 4.37. The van der Waals surface area contributed by atoms with Crippen molar-refractivity contribution in [1.29, 1.82) is 0 Å². The first-order valence-corrected chi connectivity index (χ1v) is 6.77. The van der Waals surface area contributed by atoms with E-state index in [9.17, 15) is 0 Å². The van der Waals surface area contributed by atoms with Crippen LogP contribution in [0.5, 0.6) is 0 Å². The molecule has 2 aromatic heterocycles. The van der Waals surface area contributed by atoms with Gasteiger partial charge in [-0.1, -0.05) is 24.3 Å². The van der Waals surface area contributed by atoms with E-state index in [0.717, 1.165) is 5.52 Å². The first-order valence-electron chi connectivity index (χ1n) is 5.95. The topological polar surface area (TPSA) is 38.9 Å². The maximum atomic E-state index is 5.91. The van der Waals surface area contributed by atoms with E-state index >= 15 is 0 Å². The van der Waals surface area contributed by atoms with Crippen LogP contribution in [-0.4, -0.2) is 4.98 Å². The SMILES string of the molecule is CC(N)c1ccc(-c2cccc3cccnc23)s1. The fraction of sp³-hybridized carbons (Fsp3) is 0.133. The molecule has 2 N–H and O–H groups in total. The zero-order chi connectivity index (χ0) is 12.5. The number of thiophene rings is 1. The van der Waals surface area contributed by atoms with Gasteiger partial charge in [0.05, 0.1) is 5.52 Å². The average Bonchev–Trinajstić information content (AvgIpc) is 2.87. The Labute approximate surface area is 110 Å². The average molecular weight is 254 g/mol. The maximum absolute atomic E-state index is 5.91. The quantitative estimate of drug-likeness (QED) is 0.751. The van der Waals surface area contributed by atoms with Crippen LogP contribution < -0.4 is 5.73 Å². The van der Waals surface area contributed by atoms with E-state index in [1.165, 1.54) is 20.7 Å². The third kappa shape index (κ3) is 1.92. The lowest BCUT2D eigenvalue weighted by Crippen LogP contribution is -2.01. The van der Waals surface area contributed by atoms with E-state index in [4.69, 9.17) is 5.73 Å². The van der Waals surface area contributed by atoms with Crippen LogP contribution in [0.15, 0.2) is 48.7 Å². The molecular formula is C15H14N2S. The minimum absolute atomic E-state index is 0.0895. The van der Waals surface area contributed by atoms with Crippen LogP contribution in [0.4, 0.5) is 0 Å². The molecular weight excluding hydrogens is 240 g/mol. The van der Waals surface area contributed by atoms with E-state index in [0.29, 0.717) is 0 Å². The largest absolute Gasteiger partial charge is 0.324 e. The molecule has 0 radical (unpaired) electrons. The van der Waals surface area contributed by atoms with Crippen LogP contribution in [-0.2, 0) is 0 Å². The predicted molar refractivity (Wildman–Crippen MR) is 77.7 cm³/mol. The van der Waals surface area contributed by atoms with Crippen LogP contribution in [0.1, 0.15) is 17.8 Å². The Balaban J connectivity index is 2.18. The third-order valence-corrected chi connectivity index (χ3v) is 4.29. The molecule has 0 spiro atoms. The molecule has 0 fully saturated rings. The van der Waals surface area contributed by atoms with Gasteiger partial charge in [-0.25, -0.2) is 0 Å². The summed E-state index contributed by atoms with van der Waals surface area (Å²) in [7, 11) is 0. The van der Waals surface area contributed by atoms with Crippen LogP contribution >= 0.6 is 11.3 Å². The van der Waals surface area contributed by atoms with E-state index in [2.05, 4.69) is 41.4 Å². The molecule has 3 heteroatoms. The molecule has 0 aliphatic heterocycles. The lowest BCUT2D eigenvalue weighted by atomic mass is 10.1. The van der Waals surface area contributed by atoms with E-state index in [-0.39, 0.29) is 6.04 Å². The Morgan fingerprint density at radius 2 is 1.94 bits per heavy atom. The van der Waals surface area contributed by atoms with Crippen LogP contribution in [0.2, 0.25) is 0 Å². The Bertz CT molecular complexity index is 680. The van der Waals surface area contributed by atoms with Gasteiger partial charge in [0.2, 0.25) is 0 Å². The summed E-state index contributed by atoms with van der Waals surface area (Å²) in [4.78, 5) is 6.92. The van der Waals surface area contributed by atoms with Crippen molar-refractivity contribution in [2.45, 2.75) is 13.0 Å². The monoisotopic (exact) mass is 254 g/mol. The van der Waals surface area contributed by atoms with Crippen molar-refractivity contribution in [2.24, 2.45) is 5.73 Å². The van der Waals surface area contributed by atoms with Crippen molar-refractivity contribution in [2.75, 3.05) is 0 Å². The number of nitrogens with zero attached hydrogens (tertiary/aromatic N) is 1. The Morgan fingerprint density at radius 3 is 2.72 bits per heavy atom. The first kappa shape index (κ1) is 11.4. The molecule has 1 unspecified atom stereocenters. The molecule has 0 aliphatic carbocycles. The smallest absolute Gasteiger partial charge is 0.0788 e. The van der Waals surface area contributed by atoms with Gasteiger partial charge in [0.1, 0.15) is 0 Å². The lowest BCUT2D eigenvalue weighted by Gasteiger charge is -2.03. The van der Waals surface area contributed by atoms with Gasteiger partial charge in [-0.15, -0.1) is 11.3 Å². The molecule has 90 valence electrons. The Hall–Kier alpha value is -1.71. The number of pyridine rings is 1. The standard InChI is InChI=1S/C15H14N2S/c1-10(16)13-7-8-14(18-13)12-6-2-4-11-5-3-9-17-15(11)12/h2-10H,16H2,1H3. The molecule has 1 atom stereocenters. The summed E-state index contributed by atoms with van der Waals surface area (Å²) in [5.74, 6) is 0. The van der Waals surface area contributed by atoms with Crippen LogP contribution in [0.3, 0.4) is 0 Å². The normalized spacial score (nSPS) is 12.8. The molecule has 18 heavy (non-hydrogen) atoms. The minimum Gasteiger partial charge on any atom is -0.324 e. The van der Waals surface area contributed by atoms with Gasteiger partial charge in [-0.2, -0.15) is 0 Å². The summed E-state index contributed by atoms with van der Waals surface area (Å²) in [6.07, 6.45) is 1.84. The molecule has 2 nitrogen and oxygen atoms in total. The summed E-state index contributed by atoms with van der Waals surface area (Å²) < 4.78 is 0. The highest BCUT2D eigenvalue weighted by Crippen LogP contribution is 2.34. The number of para-hydroxylation sites is 1. The maximum Gasteiger partial charge on any atom is 0.0788 e. The van der Waals surface area contributed by atoms with Gasteiger partial charge in [0.25, 0.3) is 0 Å². The minimum atomic E-state index is 0.0895. The van der Waals surface area contributed by atoms with Gasteiger partial charge in [0, 0.05) is 32.9 Å². The zero-order valence-corrected chi connectivity index (χ0v) is 10.9. The number of rotatable bonds is 2. The predicted octanol–water partition coefficient (Wildman–Crippen LogP) is 3.98. The molecule has 0 saturated carbocycles. The Morgan fingerprint density at radius 1 is 1.11 bits per heavy atom. The number of aromatic nitrogens is 1. The number of hydrogen-bond acceptors (Lipinski definition) is 3. The third-order valence-electron chi connectivity index (χ3n) is 2.97. The summed E-state index contributed by atoms with van der Waals surface area (Å²) in [5, 5.41) is 1.17. The summed E-state index contributed by atoms with van der Waals surface area (Å²) in [6, 6.07) is 14.7. The van der Waals surface area contributed by atoms with Crippen molar-refractivity contribution in [3.05, 3.63) is 53.5 Å². The van der Waals surface area contributed by atoms with Gasteiger partial charge in [-0.05, 0) is 25.1 Å². The van der Waals surface area contributed by atoms with E-state index in [1.54, 1.807) is 11.3 Å². The zero-order valence-electron chi connectivity index (χ0n) is 10.1. The highest BCUT2D eigenvalue weighted by atomic mass is 32.1. The highest BCUT2D eigenvalue weighted by molar-refractivity contribution is 7.15. The summed E-state index contributed by atoms with van der Waals surface area (Å²) in [5.41, 5.74) is 8.15. The van der Waals surface area contributed by atoms with Gasteiger partial charge >= 0.3 is 0 Å². The van der Waals surface area contributed by atoms with Crippen molar-refractivity contribution < 1.29 is 0 Å². The van der Waals surface area contributed by atoms with Gasteiger partial charge in [0.15, 0.2) is 0 Å². The summed E-state index contributed by atoms with van der Waals surface area (Å²) >= 11 is 1.74. The molecule has 3 aromatic rings. The van der Waals surface area contributed by atoms with Crippen LogP contribution in [0.25, 0.3) is 21.3 Å². The fourth-order valence-electron chi connectivity index (χ4n) is 2.05. The van der Waals surface area contributed by atoms with Crippen molar-refractivity contribution in [3.63, 3.8) is 0 Å². The van der Waals surface area contributed by atoms with Crippen molar-refractivity contribution in [1.82, 2.24) is 4.98 Å². The van der Waals surface area contributed by atoms with Gasteiger partial charge in [-0.3, -0.25) is 4.98 Å². The lowest BCUT2D eigenvalue weighted by molar-refractivity contribution is 0.838. The Kier molecular flexibility index (Phi) is 2.86. The summed E-state index contributed by atoms with van der Waals surface area (Å²) in [6.45, 7) is 2.01. The molecule has 0 bridgehead atoms. The number of hydrogen-bond donors (Lipinski definition) is 1. The molecule has 1 aromatic carbocycles. The van der Waals surface area contributed by atoms with Crippen molar-refractivity contribution >= 4 is 22.2 Å². The molecule has 0 amide bonds. The first-order chi connectivity index (χ1) is 8.75. The van der Waals surface area contributed by atoms with Crippen molar-refractivity contribution in [3.8, 4) is 10.4 Å². The molecule has 0 aliphatic rings. The van der Waals surface area contributed by atoms with Crippen LogP contribution in [0, 0.1) is 0 Å².